The van der Waals surface area contributed by atoms with E-state index in [-0.39, 0.29) is 11.8 Å². The van der Waals surface area contributed by atoms with Crippen molar-refractivity contribution < 1.29 is 5.11 Å². The molecule has 2 heterocycles. The number of hydrogen-bond acceptors (Lipinski definition) is 4. The van der Waals surface area contributed by atoms with Crippen LogP contribution in [0.15, 0.2) is 79.5 Å². The third-order valence-corrected chi connectivity index (χ3v) is 5.29. The number of phenolic OH excluding ortho intramolecular Hbond substituents is 1. The Morgan fingerprint density at radius 3 is 2.63 bits per heavy atom. The highest BCUT2D eigenvalue weighted by Gasteiger charge is 2.21. The number of allylic oxidation sites excluding steroid dienone is 1. The van der Waals surface area contributed by atoms with Gasteiger partial charge in [-0.2, -0.15) is 0 Å². The van der Waals surface area contributed by atoms with Gasteiger partial charge in [-0.15, -0.1) is 6.58 Å². The van der Waals surface area contributed by atoms with E-state index in [1.54, 1.807) is 12.3 Å². The lowest BCUT2D eigenvalue weighted by atomic mass is 9.91. The lowest BCUT2D eigenvalue weighted by molar-refractivity contribution is 0.474. The monoisotopic (exact) mass is 415 g/mol. The normalized spacial score (nSPS) is 11.9. The van der Waals surface area contributed by atoms with Gasteiger partial charge in [0.05, 0.1) is 6.04 Å². The average molecular weight is 416 g/mol. The van der Waals surface area contributed by atoms with Crippen molar-refractivity contribution in [3.63, 3.8) is 0 Å². The largest absolute Gasteiger partial charge is 0.505 e. The highest BCUT2D eigenvalue weighted by Crippen LogP contribution is 2.37. The number of nitrogens with one attached hydrogen (secondary N) is 1. The van der Waals surface area contributed by atoms with Gasteiger partial charge in [-0.25, -0.2) is 9.97 Å². The minimum atomic E-state index is -0.215. The molecule has 0 amide bonds. The van der Waals surface area contributed by atoms with Crippen LogP contribution in [0.1, 0.15) is 28.4 Å². The van der Waals surface area contributed by atoms with Gasteiger partial charge in [0.15, 0.2) is 0 Å². The van der Waals surface area contributed by atoms with Crippen LogP contribution in [0.2, 0.25) is 5.02 Å². The quantitative estimate of drug-likeness (QED) is 0.366. The van der Waals surface area contributed by atoms with Gasteiger partial charge in [0.1, 0.15) is 17.1 Å². The molecule has 0 spiro atoms. The maximum absolute atomic E-state index is 10.8. The van der Waals surface area contributed by atoms with Crippen LogP contribution < -0.4 is 5.32 Å². The first kappa shape index (κ1) is 19.9. The number of benzene rings is 2. The maximum Gasteiger partial charge on any atom is 0.145 e. The van der Waals surface area contributed by atoms with Crippen LogP contribution in [-0.4, -0.2) is 15.1 Å². The van der Waals surface area contributed by atoms with Gasteiger partial charge < -0.3 is 10.4 Å². The summed E-state index contributed by atoms with van der Waals surface area (Å²) >= 11 is 6.14. The second kappa shape index (κ2) is 8.56. The van der Waals surface area contributed by atoms with E-state index in [2.05, 4.69) is 21.9 Å². The number of hydrogen-bond donors (Lipinski definition) is 2. The van der Waals surface area contributed by atoms with Gasteiger partial charge in [-0.05, 0) is 60.9 Å². The number of aromatic hydroxyl groups is 1. The number of rotatable bonds is 6. The van der Waals surface area contributed by atoms with Crippen molar-refractivity contribution in [3.8, 4) is 5.75 Å². The summed E-state index contributed by atoms with van der Waals surface area (Å²) in [6.45, 7) is 5.75. The van der Waals surface area contributed by atoms with Gasteiger partial charge in [-0.1, -0.05) is 41.9 Å². The minimum absolute atomic E-state index is 0.199. The summed E-state index contributed by atoms with van der Waals surface area (Å²) in [5.41, 5.74) is 4.25. The molecule has 0 saturated heterocycles. The molecular weight excluding hydrogens is 394 g/mol. The fraction of sp³-hybridized carbons (Fsp3) is 0.120. The zero-order valence-electron chi connectivity index (χ0n) is 16.6. The number of halogens is 1. The molecule has 0 radical (unpaired) electrons. The summed E-state index contributed by atoms with van der Waals surface area (Å²) in [6, 6.07) is 19.3. The number of aryl methyl sites for hydroxylation is 1. The van der Waals surface area contributed by atoms with Crippen LogP contribution >= 0.6 is 11.6 Å². The first-order valence-corrected chi connectivity index (χ1v) is 10.1. The Hall–Kier alpha value is -3.37. The first-order valence-electron chi connectivity index (χ1n) is 9.73. The van der Waals surface area contributed by atoms with E-state index in [1.807, 2.05) is 67.6 Å². The van der Waals surface area contributed by atoms with Gasteiger partial charge in [0.2, 0.25) is 0 Å². The molecule has 1 atom stereocenters. The molecule has 4 nitrogen and oxygen atoms in total. The van der Waals surface area contributed by atoms with Crippen LogP contribution in [0.3, 0.4) is 0 Å². The Morgan fingerprint density at radius 2 is 1.93 bits per heavy atom. The van der Waals surface area contributed by atoms with Crippen molar-refractivity contribution in [2.75, 3.05) is 5.32 Å². The van der Waals surface area contributed by atoms with Crippen molar-refractivity contribution in [2.45, 2.75) is 19.4 Å². The van der Waals surface area contributed by atoms with E-state index in [0.29, 0.717) is 17.0 Å². The standard InChI is InChI=1S/C25H22ClN3O/c1-3-6-18-15-21(20-13-8-16(2)28-24(20)25(18)30)23(17-9-11-19(26)12-10-17)29-22-7-4-5-14-27-22/h3-5,7-15,23,30H,1,6H2,2H3,(H,27,29)/t23-/m0/s1. The topological polar surface area (TPSA) is 58.0 Å². The van der Waals surface area contributed by atoms with Crippen molar-refractivity contribution in [1.29, 1.82) is 0 Å². The van der Waals surface area contributed by atoms with Crippen LogP contribution in [0.25, 0.3) is 10.9 Å². The molecule has 0 aliphatic heterocycles. The SMILES string of the molecule is C=CCc1cc([C@@H](Nc2ccccn2)c2ccc(Cl)cc2)c2ccc(C)nc2c1O. The minimum Gasteiger partial charge on any atom is -0.505 e. The molecule has 2 N–H and O–H groups in total. The van der Waals surface area contributed by atoms with Crippen molar-refractivity contribution in [1.82, 2.24) is 9.97 Å². The lowest BCUT2D eigenvalue weighted by Crippen LogP contribution is -2.14. The molecule has 2 aromatic heterocycles. The summed E-state index contributed by atoms with van der Waals surface area (Å²) in [7, 11) is 0. The maximum atomic E-state index is 10.8. The molecule has 2 aromatic carbocycles. The Kier molecular flexibility index (Phi) is 5.68. The Balaban J connectivity index is 1.96. The Bertz CT molecular complexity index is 1190. The number of fused-ring (bicyclic) bond motifs is 1. The first-order chi connectivity index (χ1) is 14.6. The van der Waals surface area contributed by atoms with Gasteiger partial charge in [0, 0.05) is 27.9 Å². The predicted octanol–water partition coefficient (Wildman–Crippen LogP) is 6.23. The molecule has 0 bridgehead atoms. The third-order valence-electron chi connectivity index (χ3n) is 5.04. The Labute approximate surface area is 180 Å². The van der Waals surface area contributed by atoms with Gasteiger partial charge in [-0.3, -0.25) is 0 Å². The molecule has 30 heavy (non-hydrogen) atoms. The molecule has 0 aliphatic carbocycles. The van der Waals surface area contributed by atoms with Crippen LogP contribution in [-0.2, 0) is 6.42 Å². The summed E-state index contributed by atoms with van der Waals surface area (Å²) in [4.78, 5) is 9.07. The molecular formula is C25H22ClN3O. The number of pyridine rings is 2. The molecule has 4 rings (SSSR count). The molecule has 5 heteroatoms. The zero-order chi connectivity index (χ0) is 21.1. The molecule has 0 unspecified atom stereocenters. The van der Waals surface area contributed by atoms with E-state index in [4.69, 9.17) is 11.6 Å². The molecule has 4 aromatic rings. The van der Waals surface area contributed by atoms with Gasteiger partial charge in [0.25, 0.3) is 0 Å². The second-order valence-electron chi connectivity index (χ2n) is 7.16. The summed E-state index contributed by atoms with van der Waals surface area (Å²) in [5.74, 6) is 0.953. The Morgan fingerprint density at radius 1 is 1.13 bits per heavy atom. The van der Waals surface area contributed by atoms with Crippen LogP contribution in [0.5, 0.6) is 5.75 Å². The predicted molar refractivity (Wildman–Crippen MR) is 123 cm³/mol. The number of anilines is 1. The fourth-order valence-corrected chi connectivity index (χ4v) is 3.72. The fourth-order valence-electron chi connectivity index (χ4n) is 3.60. The number of aromatic nitrogens is 2. The average Bonchev–Trinajstić information content (AvgIpc) is 2.76. The highest BCUT2D eigenvalue weighted by atomic mass is 35.5. The summed E-state index contributed by atoms with van der Waals surface area (Å²) < 4.78 is 0. The zero-order valence-corrected chi connectivity index (χ0v) is 17.4. The molecule has 0 saturated carbocycles. The molecule has 0 aliphatic rings. The number of nitrogens with zero attached hydrogens (tertiary/aromatic N) is 2. The third kappa shape index (κ3) is 4.00. The molecule has 0 fully saturated rings. The van der Waals surface area contributed by atoms with E-state index < -0.39 is 0 Å². The van der Waals surface area contributed by atoms with E-state index in [0.717, 1.165) is 33.6 Å². The second-order valence-corrected chi connectivity index (χ2v) is 7.60. The summed E-state index contributed by atoms with van der Waals surface area (Å²) in [6.07, 6.45) is 4.08. The van der Waals surface area contributed by atoms with Crippen LogP contribution in [0, 0.1) is 6.92 Å². The van der Waals surface area contributed by atoms with E-state index in [9.17, 15) is 5.11 Å². The van der Waals surface area contributed by atoms with Crippen LogP contribution in [0.4, 0.5) is 5.82 Å². The van der Waals surface area contributed by atoms with Gasteiger partial charge >= 0.3 is 0 Å². The smallest absolute Gasteiger partial charge is 0.145 e. The highest BCUT2D eigenvalue weighted by molar-refractivity contribution is 6.30. The van der Waals surface area contributed by atoms with Crippen molar-refractivity contribution in [2.24, 2.45) is 0 Å². The van der Waals surface area contributed by atoms with Crippen molar-refractivity contribution >= 4 is 28.3 Å². The number of phenols is 1. The summed E-state index contributed by atoms with van der Waals surface area (Å²) in [5, 5.41) is 15.9. The van der Waals surface area contributed by atoms with E-state index in [1.165, 1.54) is 0 Å². The van der Waals surface area contributed by atoms with Crippen molar-refractivity contribution in [3.05, 3.63) is 107 Å². The molecule has 150 valence electrons. The lowest BCUT2D eigenvalue weighted by Gasteiger charge is -2.23. The van der Waals surface area contributed by atoms with E-state index >= 15 is 0 Å².